The topological polar surface area (TPSA) is 112 Å². The predicted molar refractivity (Wildman–Crippen MR) is 97.8 cm³/mol. The Labute approximate surface area is 158 Å². The number of nitrogens with zero attached hydrogens (tertiary/aromatic N) is 1. The van der Waals surface area contributed by atoms with Crippen molar-refractivity contribution >= 4 is 49.2 Å². The molecule has 0 saturated heterocycles. The number of anilines is 1. The van der Waals surface area contributed by atoms with Gasteiger partial charge < -0.3 is 9.47 Å². The molecule has 1 aromatic carbocycles. The standard InChI is InChI=1S/C15H14N2O6S3/c1-9(18)24-8-11(19)14-7-16-15(25-14)17-26(20,21)10-2-3-12-13(6-10)23-5-4-22-12/h2-3,6-7H,4-5,8H2,1H3,(H,16,17). The van der Waals surface area contributed by atoms with E-state index < -0.39 is 10.0 Å². The molecule has 8 nitrogen and oxygen atoms in total. The number of carbonyl (C=O) groups is 2. The number of thiazole rings is 1. The van der Waals surface area contributed by atoms with E-state index in [2.05, 4.69) is 9.71 Å². The molecular weight excluding hydrogens is 400 g/mol. The zero-order valence-electron chi connectivity index (χ0n) is 13.6. The summed E-state index contributed by atoms with van der Waals surface area (Å²) in [5.74, 6) is 0.550. The van der Waals surface area contributed by atoms with Gasteiger partial charge in [-0.3, -0.25) is 14.3 Å². The van der Waals surface area contributed by atoms with Gasteiger partial charge in [-0.05, 0) is 12.1 Å². The Balaban J connectivity index is 1.74. The molecule has 2 aromatic rings. The van der Waals surface area contributed by atoms with Crippen LogP contribution in [0.5, 0.6) is 11.5 Å². The number of nitrogens with one attached hydrogen (secondary N) is 1. The summed E-state index contributed by atoms with van der Waals surface area (Å²) in [4.78, 5) is 27.1. The Morgan fingerprint density at radius 2 is 2.00 bits per heavy atom. The SMILES string of the molecule is CC(=O)SCC(=O)c1cnc(NS(=O)(=O)c2ccc3c(c2)OCCO3)s1. The zero-order chi connectivity index (χ0) is 18.7. The van der Waals surface area contributed by atoms with E-state index in [9.17, 15) is 18.0 Å². The van der Waals surface area contributed by atoms with E-state index in [4.69, 9.17) is 9.47 Å². The van der Waals surface area contributed by atoms with Crippen molar-refractivity contribution in [2.75, 3.05) is 23.7 Å². The third-order valence-electron chi connectivity index (χ3n) is 3.23. The number of aromatic nitrogens is 1. The van der Waals surface area contributed by atoms with Crippen molar-refractivity contribution in [3.63, 3.8) is 0 Å². The summed E-state index contributed by atoms with van der Waals surface area (Å²) >= 11 is 1.80. The summed E-state index contributed by atoms with van der Waals surface area (Å²) in [5.41, 5.74) is 0. The van der Waals surface area contributed by atoms with Crippen molar-refractivity contribution in [3.8, 4) is 11.5 Å². The first-order valence-electron chi connectivity index (χ1n) is 7.40. The van der Waals surface area contributed by atoms with E-state index in [1.165, 1.54) is 31.3 Å². The van der Waals surface area contributed by atoms with Crippen LogP contribution in [0.1, 0.15) is 16.6 Å². The fourth-order valence-electron chi connectivity index (χ4n) is 2.05. The molecule has 0 atom stereocenters. The zero-order valence-corrected chi connectivity index (χ0v) is 16.0. The van der Waals surface area contributed by atoms with Gasteiger partial charge in [0.25, 0.3) is 10.0 Å². The molecule has 3 rings (SSSR count). The first-order chi connectivity index (χ1) is 12.3. The van der Waals surface area contributed by atoms with Crippen LogP contribution >= 0.6 is 23.1 Å². The number of fused-ring (bicyclic) bond motifs is 1. The molecule has 1 aromatic heterocycles. The fraction of sp³-hybridized carbons (Fsp3) is 0.267. The van der Waals surface area contributed by atoms with Crippen molar-refractivity contribution < 1.29 is 27.5 Å². The van der Waals surface area contributed by atoms with Crippen LogP contribution in [0.15, 0.2) is 29.3 Å². The lowest BCUT2D eigenvalue weighted by Crippen LogP contribution is -2.17. The van der Waals surface area contributed by atoms with Crippen LogP contribution in [0.3, 0.4) is 0 Å². The second-order valence-electron chi connectivity index (χ2n) is 5.14. The average molecular weight is 414 g/mol. The molecule has 0 bridgehead atoms. The highest BCUT2D eigenvalue weighted by Gasteiger charge is 2.21. The van der Waals surface area contributed by atoms with E-state index >= 15 is 0 Å². The van der Waals surface area contributed by atoms with Crippen LogP contribution in [0.2, 0.25) is 0 Å². The van der Waals surface area contributed by atoms with Crippen LogP contribution in [0.4, 0.5) is 5.13 Å². The van der Waals surface area contributed by atoms with Crippen molar-refractivity contribution in [2.24, 2.45) is 0 Å². The molecule has 2 heterocycles. The maximum atomic E-state index is 12.5. The highest BCUT2D eigenvalue weighted by Crippen LogP contribution is 2.33. The Morgan fingerprint density at radius 1 is 1.27 bits per heavy atom. The molecule has 138 valence electrons. The van der Waals surface area contributed by atoms with Gasteiger partial charge in [-0.25, -0.2) is 13.4 Å². The Kier molecular flexibility index (Phi) is 5.49. The Bertz CT molecular complexity index is 954. The number of hydrogen-bond acceptors (Lipinski definition) is 9. The van der Waals surface area contributed by atoms with Gasteiger partial charge in [0, 0.05) is 13.0 Å². The van der Waals surface area contributed by atoms with E-state index in [1.807, 2.05) is 0 Å². The summed E-state index contributed by atoms with van der Waals surface area (Å²) in [6, 6.07) is 4.30. The third-order valence-corrected chi connectivity index (χ3v) is 6.47. The molecule has 0 saturated carbocycles. The predicted octanol–water partition coefficient (Wildman–Crippen LogP) is 2.18. The lowest BCUT2D eigenvalue weighted by Gasteiger charge is -2.18. The normalized spacial score (nSPS) is 13.3. The number of hydrogen-bond donors (Lipinski definition) is 1. The van der Waals surface area contributed by atoms with Gasteiger partial charge in [-0.15, -0.1) is 0 Å². The Morgan fingerprint density at radius 3 is 2.73 bits per heavy atom. The van der Waals surface area contributed by atoms with Crippen LogP contribution in [0, 0.1) is 0 Å². The lowest BCUT2D eigenvalue weighted by molar-refractivity contribution is -0.109. The third kappa shape index (κ3) is 4.34. The second kappa shape index (κ2) is 7.64. The minimum atomic E-state index is -3.89. The van der Waals surface area contributed by atoms with Gasteiger partial charge in [0.05, 0.1) is 21.7 Å². The number of benzene rings is 1. The molecule has 0 aliphatic carbocycles. The average Bonchev–Trinajstić information content (AvgIpc) is 3.07. The number of ketones is 1. The van der Waals surface area contributed by atoms with E-state index in [-0.39, 0.29) is 31.6 Å². The molecule has 26 heavy (non-hydrogen) atoms. The smallest absolute Gasteiger partial charge is 0.263 e. The van der Waals surface area contributed by atoms with Gasteiger partial charge in [-0.1, -0.05) is 23.1 Å². The molecule has 1 N–H and O–H groups in total. The summed E-state index contributed by atoms with van der Waals surface area (Å²) in [5, 5.41) is -0.0986. The van der Waals surface area contributed by atoms with Gasteiger partial charge in [0.2, 0.25) is 0 Å². The number of rotatable bonds is 6. The van der Waals surface area contributed by atoms with E-state index in [0.29, 0.717) is 24.7 Å². The largest absolute Gasteiger partial charge is 0.486 e. The van der Waals surface area contributed by atoms with Gasteiger partial charge in [0.15, 0.2) is 27.5 Å². The molecule has 0 fully saturated rings. The molecule has 0 amide bonds. The minimum absolute atomic E-state index is 0.00281. The van der Waals surface area contributed by atoms with Gasteiger partial charge in [0.1, 0.15) is 13.2 Å². The van der Waals surface area contributed by atoms with E-state index in [1.54, 1.807) is 0 Å². The molecule has 1 aliphatic rings. The highest BCUT2D eigenvalue weighted by atomic mass is 32.2. The number of sulfonamides is 1. The van der Waals surface area contributed by atoms with Crippen LogP contribution in [0.25, 0.3) is 0 Å². The maximum Gasteiger partial charge on any atom is 0.263 e. The lowest BCUT2D eigenvalue weighted by atomic mass is 10.3. The molecule has 0 unspecified atom stereocenters. The number of thioether (sulfide) groups is 1. The highest BCUT2D eigenvalue weighted by molar-refractivity contribution is 8.14. The molecular formula is C15H14N2O6S3. The monoisotopic (exact) mass is 414 g/mol. The first kappa shape index (κ1) is 18.7. The molecule has 1 aliphatic heterocycles. The summed E-state index contributed by atoms with van der Waals surface area (Å²) in [6.45, 7) is 2.13. The second-order valence-corrected chi connectivity index (χ2v) is 9.01. The number of ether oxygens (including phenoxy) is 2. The maximum absolute atomic E-state index is 12.5. The summed E-state index contributed by atoms with van der Waals surface area (Å²) < 4.78 is 38.1. The van der Waals surface area contributed by atoms with Crippen LogP contribution < -0.4 is 14.2 Å². The quantitative estimate of drug-likeness (QED) is 0.716. The van der Waals surface area contributed by atoms with Crippen LogP contribution in [-0.4, -0.2) is 43.3 Å². The summed E-state index contributed by atoms with van der Waals surface area (Å²) in [6.07, 6.45) is 1.29. The van der Waals surface area contributed by atoms with Crippen molar-refractivity contribution in [2.45, 2.75) is 11.8 Å². The first-order valence-corrected chi connectivity index (χ1v) is 10.7. The Hall–Kier alpha value is -2.11. The van der Waals surface area contributed by atoms with Crippen molar-refractivity contribution in [1.82, 2.24) is 4.98 Å². The van der Waals surface area contributed by atoms with Crippen molar-refractivity contribution in [1.29, 1.82) is 0 Å². The fourth-order valence-corrected chi connectivity index (χ4v) is 4.65. The minimum Gasteiger partial charge on any atom is -0.486 e. The van der Waals surface area contributed by atoms with Gasteiger partial charge in [-0.2, -0.15) is 0 Å². The number of Topliss-reactive ketones (excluding diaryl/α,β-unsaturated/α-hetero) is 1. The van der Waals surface area contributed by atoms with Crippen LogP contribution in [-0.2, 0) is 14.8 Å². The number of carbonyl (C=O) groups excluding carboxylic acids is 2. The molecule has 0 radical (unpaired) electrons. The molecule has 0 spiro atoms. The van der Waals surface area contributed by atoms with Crippen molar-refractivity contribution in [3.05, 3.63) is 29.3 Å². The summed E-state index contributed by atoms with van der Waals surface area (Å²) in [7, 11) is -3.89. The van der Waals surface area contributed by atoms with E-state index in [0.717, 1.165) is 23.1 Å². The molecule has 11 heteroatoms. The van der Waals surface area contributed by atoms with Gasteiger partial charge >= 0.3 is 0 Å².